The molecule has 0 spiro atoms. The molecule has 1 aliphatic heterocycles. The number of furan rings is 1. The summed E-state index contributed by atoms with van der Waals surface area (Å²) in [6.07, 6.45) is 1.95. The third-order valence-corrected chi connectivity index (χ3v) is 5.75. The number of thiophene rings is 1. The van der Waals surface area contributed by atoms with Crippen molar-refractivity contribution in [3.05, 3.63) is 64.7 Å². The van der Waals surface area contributed by atoms with Crippen molar-refractivity contribution in [1.82, 2.24) is 4.90 Å². The minimum Gasteiger partial charge on any atom is -0.486 e. The van der Waals surface area contributed by atoms with Gasteiger partial charge in [0.1, 0.15) is 19.0 Å². The lowest BCUT2D eigenvalue weighted by molar-refractivity contribution is -0.120. The van der Waals surface area contributed by atoms with Crippen molar-refractivity contribution in [2.45, 2.75) is 19.5 Å². The van der Waals surface area contributed by atoms with Crippen LogP contribution in [-0.4, -0.2) is 37.1 Å². The summed E-state index contributed by atoms with van der Waals surface area (Å²) in [6.45, 7) is 2.59. The van der Waals surface area contributed by atoms with Gasteiger partial charge in [0.05, 0.1) is 32.0 Å². The monoisotopic (exact) mass is 437 g/mol. The molecule has 7 nitrogen and oxygen atoms in total. The summed E-state index contributed by atoms with van der Waals surface area (Å²) < 4.78 is 16.8. The first-order valence-electron chi connectivity index (χ1n) is 10.1. The molecule has 2 aromatic heterocycles. The van der Waals surface area contributed by atoms with E-state index in [0.717, 1.165) is 16.3 Å². The Labute approximate surface area is 185 Å². The van der Waals surface area contributed by atoms with Gasteiger partial charge in [0.2, 0.25) is 5.91 Å². The van der Waals surface area contributed by atoms with Crippen LogP contribution in [0.4, 0.5) is 5.69 Å². The van der Waals surface area contributed by atoms with Crippen molar-refractivity contribution < 1.29 is 18.7 Å². The van der Waals surface area contributed by atoms with Gasteiger partial charge in [0.25, 0.3) is 0 Å². The number of ether oxygens (including phenoxy) is 2. The number of benzene rings is 1. The first-order valence-corrected chi connectivity index (χ1v) is 10.9. The highest BCUT2D eigenvalue weighted by molar-refractivity contribution is 7.09. The molecule has 160 valence electrons. The predicted molar refractivity (Wildman–Crippen MR) is 117 cm³/mol. The van der Waals surface area contributed by atoms with E-state index in [-0.39, 0.29) is 12.5 Å². The molecule has 0 unspecified atom stereocenters. The molecule has 0 bridgehead atoms. The highest BCUT2D eigenvalue weighted by atomic mass is 32.1. The SMILES string of the molecule is N#CCCN(CC(=O)N(Cc1cccs1)c1ccc2c(c1)OCCO2)Cc1ccco1. The van der Waals surface area contributed by atoms with E-state index in [4.69, 9.17) is 19.2 Å². The molecule has 31 heavy (non-hydrogen) atoms. The van der Waals surface area contributed by atoms with Crippen LogP contribution < -0.4 is 14.4 Å². The Balaban J connectivity index is 1.56. The van der Waals surface area contributed by atoms with Gasteiger partial charge in [-0.2, -0.15) is 5.26 Å². The van der Waals surface area contributed by atoms with E-state index in [2.05, 4.69) is 6.07 Å². The van der Waals surface area contributed by atoms with Crippen molar-refractivity contribution >= 4 is 22.9 Å². The average molecular weight is 438 g/mol. The van der Waals surface area contributed by atoms with Crippen molar-refractivity contribution in [3.8, 4) is 17.6 Å². The van der Waals surface area contributed by atoms with Gasteiger partial charge in [-0.25, -0.2) is 0 Å². The molecule has 0 N–H and O–H groups in total. The standard InChI is InChI=1S/C23H23N3O4S/c24-8-3-9-25(15-19-4-1-10-28-19)17-23(27)26(16-20-5-2-13-31-20)18-6-7-21-22(14-18)30-12-11-29-21/h1-2,4-7,10,13-14H,3,9,11-12,15-17H2. The normalized spacial score (nSPS) is 12.5. The number of nitriles is 1. The van der Waals surface area contributed by atoms with Crippen LogP contribution in [0.1, 0.15) is 17.1 Å². The summed E-state index contributed by atoms with van der Waals surface area (Å²) in [5.74, 6) is 2.03. The van der Waals surface area contributed by atoms with Crippen LogP contribution in [0.2, 0.25) is 0 Å². The maximum absolute atomic E-state index is 13.4. The summed E-state index contributed by atoms with van der Waals surface area (Å²) in [5.41, 5.74) is 0.751. The van der Waals surface area contributed by atoms with E-state index < -0.39 is 0 Å². The topological polar surface area (TPSA) is 78.9 Å². The molecule has 0 saturated carbocycles. The molecule has 8 heteroatoms. The third kappa shape index (κ3) is 5.45. The fourth-order valence-corrected chi connectivity index (χ4v) is 4.10. The van der Waals surface area contributed by atoms with Gasteiger partial charge in [-0.3, -0.25) is 9.69 Å². The van der Waals surface area contributed by atoms with Gasteiger partial charge < -0.3 is 18.8 Å². The van der Waals surface area contributed by atoms with Crippen LogP contribution in [0.15, 0.2) is 58.5 Å². The summed E-state index contributed by atoms with van der Waals surface area (Å²) in [6, 6.07) is 15.4. The Morgan fingerprint density at radius 2 is 1.97 bits per heavy atom. The lowest BCUT2D eigenvalue weighted by Crippen LogP contribution is -2.40. The van der Waals surface area contributed by atoms with Crippen molar-refractivity contribution in [2.75, 3.05) is 31.2 Å². The largest absolute Gasteiger partial charge is 0.486 e. The van der Waals surface area contributed by atoms with Crippen LogP contribution in [0.3, 0.4) is 0 Å². The number of hydrogen-bond donors (Lipinski definition) is 0. The summed E-state index contributed by atoms with van der Waals surface area (Å²) in [4.78, 5) is 18.2. The zero-order chi connectivity index (χ0) is 21.5. The Bertz CT molecular complexity index is 1030. The number of rotatable bonds is 9. The van der Waals surface area contributed by atoms with Gasteiger partial charge in [-0.1, -0.05) is 6.07 Å². The smallest absolute Gasteiger partial charge is 0.241 e. The van der Waals surface area contributed by atoms with E-state index in [1.807, 2.05) is 52.7 Å². The minimum atomic E-state index is -0.0606. The molecule has 1 aromatic carbocycles. The number of nitrogens with zero attached hydrogens (tertiary/aromatic N) is 3. The minimum absolute atomic E-state index is 0.0606. The molecule has 0 atom stereocenters. The molecule has 3 aromatic rings. The van der Waals surface area contributed by atoms with E-state index in [9.17, 15) is 4.79 Å². The second kappa shape index (κ2) is 10.2. The summed E-state index contributed by atoms with van der Waals surface area (Å²) in [5, 5.41) is 11.0. The fourth-order valence-electron chi connectivity index (χ4n) is 3.40. The summed E-state index contributed by atoms with van der Waals surface area (Å²) >= 11 is 1.61. The number of amides is 1. The molecule has 0 fully saturated rings. The molecular formula is C23H23N3O4S. The number of hydrogen-bond acceptors (Lipinski definition) is 7. The van der Waals surface area contributed by atoms with Crippen LogP contribution in [-0.2, 0) is 17.9 Å². The van der Waals surface area contributed by atoms with E-state index in [1.54, 1.807) is 22.5 Å². The Kier molecular flexibility index (Phi) is 6.87. The van der Waals surface area contributed by atoms with Crippen molar-refractivity contribution in [1.29, 1.82) is 5.26 Å². The first-order chi connectivity index (χ1) is 15.2. The predicted octanol–water partition coefficient (Wildman–Crippen LogP) is 4.06. The molecule has 1 amide bonds. The van der Waals surface area contributed by atoms with Crippen molar-refractivity contribution in [2.24, 2.45) is 0 Å². The average Bonchev–Trinajstić information content (AvgIpc) is 3.49. The van der Waals surface area contributed by atoms with Crippen LogP contribution in [0, 0.1) is 11.3 Å². The summed E-state index contributed by atoms with van der Waals surface area (Å²) in [7, 11) is 0. The maximum atomic E-state index is 13.4. The van der Waals surface area contributed by atoms with Gasteiger partial charge in [0.15, 0.2) is 11.5 Å². The lowest BCUT2D eigenvalue weighted by atomic mass is 10.2. The van der Waals surface area contributed by atoms with Crippen LogP contribution >= 0.6 is 11.3 Å². The zero-order valence-electron chi connectivity index (χ0n) is 17.0. The van der Waals surface area contributed by atoms with Gasteiger partial charge in [-0.15, -0.1) is 11.3 Å². The zero-order valence-corrected chi connectivity index (χ0v) is 17.8. The second-order valence-electron chi connectivity index (χ2n) is 7.09. The fraction of sp³-hybridized carbons (Fsp3) is 0.304. The number of fused-ring (bicyclic) bond motifs is 1. The van der Waals surface area contributed by atoms with E-state index in [1.165, 1.54) is 0 Å². The van der Waals surface area contributed by atoms with Crippen LogP contribution in [0.5, 0.6) is 11.5 Å². The van der Waals surface area contributed by atoms with Crippen molar-refractivity contribution in [3.63, 3.8) is 0 Å². The highest BCUT2D eigenvalue weighted by Gasteiger charge is 2.23. The van der Waals surface area contributed by atoms with Gasteiger partial charge in [-0.05, 0) is 35.7 Å². The molecule has 1 aliphatic rings. The third-order valence-electron chi connectivity index (χ3n) is 4.89. The Morgan fingerprint density at radius 1 is 1.10 bits per heavy atom. The molecule has 4 rings (SSSR count). The van der Waals surface area contributed by atoms with Gasteiger partial charge >= 0.3 is 0 Å². The molecule has 0 aliphatic carbocycles. The first kappa shape index (κ1) is 21.0. The molecule has 0 saturated heterocycles. The van der Waals surface area contributed by atoms with E-state index >= 15 is 0 Å². The second-order valence-corrected chi connectivity index (χ2v) is 8.12. The Hall–Kier alpha value is -3.28. The quantitative estimate of drug-likeness (QED) is 0.502. The van der Waals surface area contributed by atoms with E-state index in [0.29, 0.717) is 50.8 Å². The lowest BCUT2D eigenvalue weighted by Gasteiger charge is -2.28. The maximum Gasteiger partial charge on any atom is 0.241 e. The molecule has 0 radical (unpaired) electrons. The van der Waals surface area contributed by atoms with Gasteiger partial charge in [0, 0.05) is 29.6 Å². The number of anilines is 1. The molecular weight excluding hydrogens is 414 g/mol. The highest BCUT2D eigenvalue weighted by Crippen LogP contribution is 2.34. The Morgan fingerprint density at radius 3 is 2.71 bits per heavy atom. The van der Waals surface area contributed by atoms with Crippen LogP contribution in [0.25, 0.3) is 0 Å². The number of carbonyl (C=O) groups excluding carboxylic acids is 1. The molecule has 3 heterocycles. The number of carbonyl (C=O) groups is 1.